The van der Waals surface area contributed by atoms with Crippen molar-refractivity contribution in [2.45, 2.75) is 84.0 Å². The van der Waals surface area contributed by atoms with Crippen LogP contribution < -0.4 is 0 Å². The largest absolute Gasteiger partial charge is 0.469 e. The molecule has 0 aromatic rings. The number of ether oxygens (including phenoxy) is 1. The van der Waals surface area contributed by atoms with Crippen LogP contribution >= 0.6 is 0 Å². The van der Waals surface area contributed by atoms with E-state index in [2.05, 4.69) is 60.3 Å². The molecule has 25 heavy (non-hydrogen) atoms. The van der Waals surface area contributed by atoms with Gasteiger partial charge in [-0.25, -0.2) is 0 Å². The van der Waals surface area contributed by atoms with Gasteiger partial charge in [0, 0.05) is 6.42 Å². The first kappa shape index (κ1) is 23.4. The van der Waals surface area contributed by atoms with Gasteiger partial charge in [0.25, 0.3) is 0 Å². The van der Waals surface area contributed by atoms with Crippen LogP contribution in [0.4, 0.5) is 0 Å². The van der Waals surface area contributed by atoms with Crippen molar-refractivity contribution in [1.29, 1.82) is 0 Å². The Labute approximate surface area is 155 Å². The maximum absolute atomic E-state index is 11.0. The highest BCUT2D eigenvalue weighted by Gasteiger charge is 1.98. The molecule has 0 radical (unpaired) electrons. The number of allylic oxidation sites excluding steroid dienone is 8. The molecule has 0 aromatic heterocycles. The van der Waals surface area contributed by atoms with Gasteiger partial charge in [-0.3, -0.25) is 4.79 Å². The average molecular weight is 347 g/mol. The molecule has 0 bridgehead atoms. The van der Waals surface area contributed by atoms with E-state index >= 15 is 0 Å². The highest BCUT2D eigenvalue weighted by atomic mass is 16.5. The summed E-state index contributed by atoms with van der Waals surface area (Å²) in [6, 6.07) is 0. The molecule has 0 saturated heterocycles. The first-order valence-corrected chi connectivity index (χ1v) is 9.98. The Hall–Kier alpha value is -1.57. The SMILES string of the molecule is CC/C=C\C/C=C\C/C=C\C/C=C\CCCCCCCCC(=O)OC. The van der Waals surface area contributed by atoms with E-state index in [9.17, 15) is 4.79 Å². The van der Waals surface area contributed by atoms with Crippen LogP contribution in [-0.4, -0.2) is 13.1 Å². The molecule has 0 unspecified atom stereocenters. The summed E-state index contributed by atoms with van der Waals surface area (Å²) in [4.78, 5) is 11.0. The number of rotatable bonds is 16. The zero-order chi connectivity index (χ0) is 18.4. The molecule has 0 rings (SSSR count). The predicted octanol–water partition coefficient (Wildman–Crippen LogP) is 7.09. The smallest absolute Gasteiger partial charge is 0.305 e. The molecule has 0 amide bonds. The fraction of sp³-hybridized carbons (Fsp3) is 0.609. The summed E-state index contributed by atoms with van der Waals surface area (Å²) in [5, 5.41) is 0. The van der Waals surface area contributed by atoms with Gasteiger partial charge < -0.3 is 4.74 Å². The van der Waals surface area contributed by atoms with Gasteiger partial charge >= 0.3 is 5.97 Å². The molecule has 0 aliphatic carbocycles. The zero-order valence-electron chi connectivity index (χ0n) is 16.4. The minimum absolute atomic E-state index is 0.0839. The fourth-order valence-corrected chi connectivity index (χ4v) is 2.44. The van der Waals surface area contributed by atoms with Crippen LogP contribution in [0.15, 0.2) is 48.6 Å². The number of hydrogen-bond acceptors (Lipinski definition) is 2. The van der Waals surface area contributed by atoms with E-state index in [1.165, 1.54) is 39.2 Å². The molecule has 142 valence electrons. The second-order valence-corrected chi connectivity index (χ2v) is 6.24. The molecule has 0 fully saturated rings. The third-order valence-electron chi connectivity index (χ3n) is 3.95. The highest BCUT2D eigenvalue weighted by molar-refractivity contribution is 5.68. The predicted molar refractivity (Wildman–Crippen MR) is 110 cm³/mol. The minimum atomic E-state index is -0.0839. The lowest BCUT2D eigenvalue weighted by Crippen LogP contribution is -1.99. The van der Waals surface area contributed by atoms with Crippen molar-refractivity contribution in [3.63, 3.8) is 0 Å². The molecule has 0 aliphatic rings. The normalized spacial score (nSPS) is 12.2. The summed E-state index contributed by atoms with van der Waals surface area (Å²) >= 11 is 0. The first-order valence-electron chi connectivity index (χ1n) is 9.98. The van der Waals surface area contributed by atoms with Gasteiger partial charge in [0.05, 0.1) is 7.11 Å². The van der Waals surface area contributed by atoms with Crippen molar-refractivity contribution in [3.8, 4) is 0 Å². The van der Waals surface area contributed by atoms with Gasteiger partial charge in [-0.1, -0.05) is 81.2 Å². The molecule has 2 heteroatoms. The van der Waals surface area contributed by atoms with Crippen molar-refractivity contribution >= 4 is 5.97 Å². The number of methoxy groups -OCH3 is 1. The van der Waals surface area contributed by atoms with E-state index in [0.29, 0.717) is 6.42 Å². The summed E-state index contributed by atoms with van der Waals surface area (Å²) in [7, 11) is 1.45. The van der Waals surface area contributed by atoms with Crippen molar-refractivity contribution in [3.05, 3.63) is 48.6 Å². The molecule has 0 spiro atoms. The Morgan fingerprint density at radius 2 is 1.16 bits per heavy atom. The number of carbonyl (C=O) groups is 1. The number of carbonyl (C=O) groups excluding carboxylic acids is 1. The molecular weight excluding hydrogens is 308 g/mol. The molecule has 0 heterocycles. The summed E-state index contributed by atoms with van der Waals surface area (Å²) in [5.74, 6) is -0.0839. The van der Waals surface area contributed by atoms with Gasteiger partial charge in [0.2, 0.25) is 0 Å². The van der Waals surface area contributed by atoms with Crippen molar-refractivity contribution in [1.82, 2.24) is 0 Å². The second kappa shape index (κ2) is 20.5. The number of unbranched alkanes of at least 4 members (excludes halogenated alkanes) is 6. The standard InChI is InChI=1S/C23H38O2/c1-3-4-5-6-7-8-9-10-11-12-13-14-15-16-17-18-19-20-21-22-23(24)25-2/h4-5,7-8,10-11,13-14H,3,6,9,12,15-22H2,1-2H3/b5-4-,8-7-,11-10-,14-13-. The number of hydrogen-bond donors (Lipinski definition) is 0. The fourth-order valence-electron chi connectivity index (χ4n) is 2.44. The summed E-state index contributed by atoms with van der Waals surface area (Å²) < 4.78 is 4.63. The molecule has 0 aromatic carbocycles. The van der Waals surface area contributed by atoms with Gasteiger partial charge in [-0.15, -0.1) is 0 Å². The van der Waals surface area contributed by atoms with Crippen molar-refractivity contribution < 1.29 is 9.53 Å². The van der Waals surface area contributed by atoms with Crippen LogP contribution in [0.5, 0.6) is 0 Å². The van der Waals surface area contributed by atoms with Crippen molar-refractivity contribution in [2.75, 3.05) is 7.11 Å². The Morgan fingerprint density at radius 3 is 1.72 bits per heavy atom. The molecule has 0 saturated carbocycles. The second-order valence-electron chi connectivity index (χ2n) is 6.24. The molecule has 0 N–H and O–H groups in total. The van der Waals surface area contributed by atoms with E-state index in [1.807, 2.05) is 0 Å². The Balaban J connectivity index is 3.31. The van der Waals surface area contributed by atoms with E-state index < -0.39 is 0 Å². The third kappa shape index (κ3) is 20.4. The summed E-state index contributed by atoms with van der Waals surface area (Å²) in [6.07, 6.45) is 31.1. The van der Waals surface area contributed by atoms with E-state index in [-0.39, 0.29) is 5.97 Å². The highest BCUT2D eigenvalue weighted by Crippen LogP contribution is 2.09. The van der Waals surface area contributed by atoms with Gasteiger partial charge in [-0.05, 0) is 44.9 Å². The number of esters is 1. The van der Waals surface area contributed by atoms with Crippen LogP contribution in [0.3, 0.4) is 0 Å². The van der Waals surface area contributed by atoms with Crippen LogP contribution in [-0.2, 0) is 9.53 Å². The average Bonchev–Trinajstić information content (AvgIpc) is 2.63. The van der Waals surface area contributed by atoms with Crippen molar-refractivity contribution in [2.24, 2.45) is 0 Å². The lowest BCUT2D eigenvalue weighted by molar-refractivity contribution is -0.140. The lowest BCUT2D eigenvalue weighted by Gasteiger charge is -2.00. The minimum Gasteiger partial charge on any atom is -0.469 e. The molecule has 0 aliphatic heterocycles. The first-order chi connectivity index (χ1) is 12.3. The monoisotopic (exact) mass is 346 g/mol. The van der Waals surface area contributed by atoms with E-state index in [0.717, 1.165) is 38.5 Å². The lowest BCUT2D eigenvalue weighted by atomic mass is 10.1. The maximum atomic E-state index is 11.0. The van der Waals surface area contributed by atoms with Gasteiger partial charge in [-0.2, -0.15) is 0 Å². The Kier molecular flexibility index (Phi) is 19.2. The zero-order valence-corrected chi connectivity index (χ0v) is 16.4. The molecular formula is C23H38O2. The topological polar surface area (TPSA) is 26.3 Å². The third-order valence-corrected chi connectivity index (χ3v) is 3.95. The molecule has 2 nitrogen and oxygen atoms in total. The molecule has 0 atom stereocenters. The Morgan fingerprint density at radius 1 is 0.680 bits per heavy atom. The summed E-state index contributed by atoms with van der Waals surface area (Å²) in [6.45, 7) is 2.16. The van der Waals surface area contributed by atoms with Gasteiger partial charge in [0.1, 0.15) is 0 Å². The van der Waals surface area contributed by atoms with Gasteiger partial charge in [0.15, 0.2) is 0 Å². The van der Waals surface area contributed by atoms with Crippen LogP contribution in [0, 0.1) is 0 Å². The van der Waals surface area contributed by atoms with Crippen LogP contribution in [0.1, 0.15) is 84.0 Å². The van der Waals surface area contributed by atoms with E-state index in [1.54, 1.807) is 0 Å². The van der Waals surface area contributed by atoms with Crippen LogP contribution in [0.2, 0.25) is 0 Å². The quantitative estimate of drug-likeness (QED) is 0.169. The van der Waals surface area contributed by atoms with E-state index in [4.69, 9.17) is 0 Å². The van der Waals surface area contributed by atoms with Crippen LogP contribution in [0.25, 0.3) is 0 Å². The maximum Gasteiger partial charge on any atom is 0.305 e. The summed E-state index contributed by atoms with van der Waals surface area (Å²) in [5.41, 5.74) is 0. The Bertz CT molecular complexity index is 402.